The van der Waals surface area contributed by atoms with E-state index in [0.717, 1.165) is 30.6 Å². The first-order valence-corrected chi connectivity index (χ1v) is 8.88. The molecular weight excluding hydrogens is 300 g/mol. The number of carbonyl (C=O) groups excluding carboxylic acids is 1. The summed E-state index contributed by atoms with van der Waals surface area (Å²) < 4.78 is 5.64. The van der Waals surface area contributed by atoms with Gasteiger partial charge in [-0.1, -0.05) is 37.3 Å². The van der Waals surface area contributed by atoms with Crippen LogP contribution in [-0.2, 0) is 4.79 Å². The van der Waals surface area contributed by atoms with E-state index in [-0.39, 0.29) is 12.5 Å². The fourth-order valence-electron chi connectivity index (χ4n) is 3.33. The second kappa shape index (κ2) is 8.15. The first-order valence-electron chi connectivity index (χ1n) is 8.88. The lowest BCUT2D eigenvalue weighted by Crippen LogP contribution is -2.43. The van der Waals surface area contributed by atoms with Crippen LogP contribution in [0.2, 0.25) is 0 Å². The fraction of sp³-hybridized carbons (Fsp3) is 0.450. The number of likely N-dealkylation sites (tertiary alicyclic amines) is 1. The van der Waals surface area contributed by atoms with E-state index in [1.807, 2.05) is 36.4 Å². The molecule has 2 aromatic carbocycles. The van der Waals surface area contributed by atoms with Crippen molar-refractivity contribution < 1.29 is 9.53 Å². The predicted octanol–water partition coefficient (Wildman–Crippen LogP) is 3.21. The van der Waals surface area contributed by atoms with Crippen molar-refractivity contribution in [1.29, 1.82) is 0 Å². The van der Waals surface area contributed by atoms with E-state index in [9.17, 15) is 4.79 Å². The monoisotopic (exact) mass is 326 g/mol. The van der Waals surface area contributed by atoms with Crippen LogP contribution in [0.1, 0.15) is 26.2 Å². The third-order valence-electron chi connectivity index (χ3n) is 4.75. The number of benzene rings is 2. The minimum atomic E-state index is -0.0548. The number of hydrogen-bond acceptors (Lipinski definition) is 3. The summed E-state index contributed by atoms with van der Waals surface area (Å²) in [6.07, 6.45) is 3.61. The summed E-state index contributed by atoms with van der Waals surface area (Å²) in [5.41, 5.74) is 0. The molecule has 1 heterocycles. The topological polar surface area (TPSA) is 41.6 Å². The summed E-state index contributed by atoms with van der Waals surface area (Å²) in [5, 5.41) is 5.31. The van der Waals surface area contributed by atoms with Gasteiger partial charge in [-0.05, 0) is 55.3 Å². The first-order chi connectivity index (χ1) is 11.8. The second-order valence-electron chi connectivity index (χ2n) is 6.41. The average molecular weight is 326 g/mol. The van der Waals surface area contributed by atoms with Crippen LogP contribution in [0.15, 0.2) is 42.5 Å². The Morgan fingerprint density at radius 3 is 2.67 bits per heavy atom. The Labute approximate surface area is 143 Å². The quantitative estimate of drug-likeness (QED) is 0.849. The Morgan fingerprint density at radius 2 is 1.92 bits per heavy atom. The van der Waals surface area contributed by atoms with E-state index in [1.165, 1.54) is 18.2 Å². The number of amides is 1. The van der Waals surface area contributed by atoms with Crippen LogP contribution < -0.4 is 10.1 Å². The Balaban J connectivity index is 1.47. The van der Waals surface area contributed by atoms with E-state index in [0.29, 0.717) is 12.6 Å². The summed E-state index contributed by atoms with van der Waals surface area (Å²) in [6, 6.07) is 14.5. The molecule has 4 nitrogen and oxygen atoms in total. The Hall–Kier alpha value is -2.07. The SMILES string of the molecule is CCC(CNC(=O)COc1ccc2ccccc2c1)N1CCCC1. The van der Waals surface area contributed by atoms with E-state index in [1.54, 1.807) is 0 Å². The highest BCUT2D eigenvalue weighted by atomic mass is 16.5. The van der Waals surface area contributed by atoms with Crippen LogP contribution in [0.5, 0.6) is 5.75 Å². The molecule has 0 bridgehead atoms. The molecule has 1 amide bonds. The maximum Gasteiger partial charge on any atom is 0.257 e. The Morgan fingerprint density at radius 1 is 1.17 bits per heavy atom. The second-order valence-corrected chi connectivity index (χ2v) is 6.41. The van der Waals surface area contributed by atoms with Crippen molar-refractivity contribution in [3.8, 4) is 5.75 Å². The molecule has 1 aliphatic rings. The van der Waals surface area contributed by atoms with E-state index in [2.05, 4.69) is 23.2 Å². The van der Waals surface area contributed by atoms with Crippen molar-refractivity contribution in [2.24, 2.45) is 0 Å². The lowest BCUT2D eigenvalue weighted by Gasteiger charge is -2.26. The molecule has 0 radical (unpaired) electrons. The van der Waals surface area contributed by atoms with E-state index < -0.39 is 0 Å². The molecule has 4 heteroatoms. The molecule has 1 saturated heterocycles. The number of hydrogen-bond donors (Lipinski definition) is 1. The maximum absolute atomic E-state index is 12.1. The molecule has 2 aromatic rings. The molecule has 1 N–H and O–H groups in total. The van der Waals surface area contributed by atoms with Gasteiger partial charge in [0.15, 0.2) is 6.61 Å². The molecule has 0 aromatic heterocycles. The summed E-state index contributed by atoms with van der Waals surface area (Å²) >= 11 is 0. The smallest absolute Gasteiger partial charge is 0.257 e. The first kappa shape index (κ1) is 16.8. The van der Waals surface area contributed by atoms with Gasteiger partial charge >= 0.3 is 0 Å². The lowest BCUT2D eigenvalue weighted by molar-refractivity contribution is -0.123. The van der Waals surface area contributed by atoms with Crippen molar-refractivity contribution in [1.82, 2.24) is 10.2 Å². The zero-order valence-electron chi connectivity index (χ0n) is 14.3. The highest BCUT2D eigenvalue weighted by Gasteiger charge is 2.20. The number of nitrogens with zero attached hydrogens (tertiary/aromatic N) is 1. The lowest BCUT2D eigenvalue weighted by atomic mass is 10.1. The van der Waals surface area contributed by atoms with Gasteiger partial charge in [-0.2, -0.15) is 0 Å². The highest BCUT2D eigenvalue weighted by Crippen LogP contribution is 2.20. The molecule has 0 spiro atoms. The standard InChI is InChI=1S/C20H26N2O2/c1-2-18(22-11-5-6-12-22)14-21-20(23)15-24-19-10-9-16-7-3-4-8-17(16)13-19/h3-4,7-10,13,18H,2,5-6,11-12,14-15H2,1H3,(H,21,23). The van der Waals surface area contributed by atoms with Crippen molar-refractivity contribution in [3.63, 3.8) is 0 Å². The number of carbonyl (C=O) groups is 1. The molecule has 1 fully saturated rings. The summed E-state index contributed by atoms with van der Waals surface area (Å²) in [7, 11) is 0. The zero-order chi connectivity index (χ0) is 16.8. The fourth-order valence-corrected chi connectivity index (χ4v) is 3.33. The predicted molar refractivity (Wildman–Crippen MR) is 97.3 cm³/mol. The summed E-state index contributed by atoms with van der Waals surface area (Å²) in [4.78, 5) is 14.5. The average Bonchev–Trinajstić information content (AvgIpc) is 3.15. The molecule has 0 aliphatic carbocycles. The van der Waals surface area contributed by atoms with Crippen molar-refractivity contribution in [3.05, 3.63) is 42.5 Å². The van der Waals surface area contributed by atoms with Crippen LogP contribution in [-0.4, -0.2) is 43.1 Å². The van der Waals surface area contributed by atoms with Gasteiger partial charge in [0.25, 0.3) is 5.91 Å². The van der Waals surface area contributed by atoms with Crippen LogP contribution in [0.25, 0.3) is 10.8 Å². The molecule has 1 aliphatic heterocycles. The normalized spacial score (nSPS) is 16.2. The summed E-state index contributed by atoms with van der Waals surface area (Å²) in [6.45, 7) is 5.26. The molecule has 1 atom stereocenters. The molecule has 0 saturated carbocycles. The third kappa shape index (κ3) is 4.26. The van der Waals surface area contributed by atoms with Crippen LogP contribution in [0.3, 0.4) is 0 Å². The maximum atomic E-state index is 12.1. The minimum absolute atomic E-state index is 0.0548. The Bertz CT molecular complexity index is 680. The molecule has 128 valence electrons. The highest BCUT2D eigenvalue weighted by molar-refractivity contribution is 5.84. The van der Waals surface area contributed by atoms with Crippen LogP contribution >= 0.6 is 0 Å². The van der Waals surface area contributed by atoms with E-state index >= 15 is 0 Å². The van der Waals surface area contributed by atoms with Gasteiger partial charge in [0.1, 0.15) is 5.75 Å². The number of rotatable bonds is 7. The van der Waals surface area contributed by atoms with Crippen molar-refractivity contribution in [2.75, 3.05) is 26.2 Å². The van der Waals surface area contributed by atoms with Gasteiger partial charge in [0, 0.05) is 12.6 Å². The summed E-state index contributed by atoms with van der Waals surface area (Å²) in [5.74, 6) is 0.677. The van der Waals surface area contributed by atoms with Crippen molar-refractivity contribution in [2.45, 2.75) is 32.2 Å². The largest absolute Gasteiger partial charge is 0.484 e. The number of ether oxygens (including phenoxy) is 1. The third-order valence-corrected chi connectivity index (χ3v) is 4.75. The van der Waals surface area contributed by atoms with Crippen molar-refractivity contribution >= 4 is 16.7 Å². The minimum Gasteiger partial charge on any atom is -0.484 e. The molecular formula is C20H26N2O2. The molecule has 3 rings (SSSR count). The van der Waals surface area contributed by atoms with Gasteiger partial charge in [-0.25, -0.2) is 0 Å². The Kier molecular flexibility index (Phi) is 5.70. The van der Waals surface area contributed by atoms with Crippen LogP contribution in [0.4, 0.5) is 0 Å². The van der Waals surface area contributed by atoms with Gasteiger partial charge in [-0.15, -0.1) is 0 Å². The van der Waals surface area contributed by atoms with Gasteiger partial charge in [-0.3, -0.25) is 9.69 Å². The number of fused-ring (bicyclic) bond motifs is 1. The van der Waals surface area contributed by atoms with Gasteiger partial charge in [0.2, 0.25) is 0 Å². The van der Waals surface area contributed by atoms with Gasteiger partial charge in [0.05, 0.1) is 0 Å². The van der Waals surface area contributed by atoms with Gasteiger partial charge < -0.3 is 10.1 Å². The molecule has 1 unspecified atom stereocenters. The number of nitrogens with one attached hydrogen (secondary N) is 1. The zero-order valence-corrected chi connectivity index (χ0v) is 14.3. The van der Waals surface area contributed by atoms with Crippen LogP contribution in [0, 0.1) is 0 Å². The van der Waals surface area contributed by atoms with E-state index in [4.69, 9.17) is 4.74 Å². The molecule has 24 heavy (non-hydrogen) atoms.